The lowest BCUT2D eigenvalue weighted by atomic mass is 10.3. The molecule has 1 N–H and O–H groups in total. The molecule has 1 aromatic carbocycles. The predicted octanol–water partition coefficient (Wildman–Crippen LogP) is 2.19. The van der Waals surface area contributed by atoms with Crippen molar-refractivity contribution in [2.45, 2.75) is 23.5 Å². The molecule has 0 saturated heterocycles. The van der Waals surface area contributed by atoms with E-state index < -0.39 is 17.2 Å². The number of benzene rings is 1. The van der Waals surface area contributed by atoms with Crippen molar-refractivity contribution in [1.29, 1.82) is 0 Å². The van der Waals surface area contributed by atoms with Crippen LogP contribution < -0.4 is 0 Å². The number of ether oxygens (including phenoxy) is 1. The number of hydrogen-bond donors (Lipinski definition) is 1. The number of hydrogen-bond acceptors (Lipinski definition) is 4. The Morgan fingerprint density at radius 3 is 2.53 bits per heavy atom. The molecule has 0 spiro atoms. The van der Waals surface area contributed by atoms with Crippen LogP contribution in [0.15, 0.2) is 35.2 Å². The summed E-state index contributed by atoms with van der Waals surface area (Å²) in [6.07, 6.45) is -0.238. The average molecular weight is 254 g/mol. The largest absolute Gasteiger partial charge is 0.481 e. The molecule has 1 atom stereocenters. The Morgan fingerprint density at radius 1 is 1.35 bits per heavy atom. The summed E-state index contributed by atoms with van der Waals surface area (Å²) in [5.74, 6) is -1.49. The van der Waals surface area contributed by atoms with Crippen molar-refractivity contribution in [2.75, 3.05) is 6.61 Å². The third-order valence-corrected chi connectivity index (χ3v) is 3.12. The van der Waals surface area contributed by atoms with E-state index in [2.05, 4.69) is 0 Å². The number of carbonyl (C=O) groups excluding carboxylic acids is 1. The van der Waals surface area contributed by atoms with E-state index in [9.17, 15) is 9.59 Å². The molecule has 0 aliphatic rings. The van der Waals surface area contributed by atoms with Crippen LogP contribution in [0.3, 0.4) is 0 Å². The summed E-state index contributed by atoms with van der Waals surface area (Å²) in [7, 11) is 0. The first kappa shape index (κ1) is 13.6. The normalized spacial score (nSPS) is 11.8. The van der Waals surface area contributed by atoms with E-state index in [0.717, 1.165) is 4.90 Å². The van der Waals surface area contributed by atoms with E-state index in [1.807, 2.05) is 30.3 Å². The van der Waals surface area contributed by atoms with Gasteiger partial charge >= 0.3 is 11.9 Å². The first-order valence-corrected chi connectivity index (χ1v) is 6.11. The topological polar surface area (TPSA) is 63.6 Å². The second-order valence-electron chi connectivity index (χ2n) is 3.27. The Bertz CT molecular complexity index is 377. The lowest BCUT2D eigenvalue weighted by Crippen LogP contribution is -2.23. The van der Waals surface area contributed by atoms with Crippen LogP contribution in [-0.2, 0) is 14.3 Å². The van der Waals surface area contributed by atoms with Gasteiger partial charge in [-0.1, -0.05) is 18.2 Å². The third-order valence-electron chi connectivity index (χ3n) is 1.93. The maximum Gasteiger partial charge on any atom is 0.320 e. The minimum absolute atomic E-state index is 0.238. The van der Waals surface area contributed by atoms with Crippen molar-refractivity contribution in [3.8, 4) is 0 Å². The van der Waals surface area contributed by atoms with Gasteiger partial charge in [-0.3, -0.25) is 9.59 Å². The standard InChI is InChI=1S/C12H14O4S/c1-2-16-12(15)10(8-11(13)14)17-9-6-4-3-5-7-9/h3-7,10H,2,8H2,1H3,(H,13,14). The minimum atomic E-state index is -1.01. The van der Waals surface area contributed by atoms with Crippen LogP contribution in [0.4, 0.5) is 0 Å². The minimum Gasteiger partial charge on any atom is -0.481 e. The van der Waals surface area contributed by atoms with Crippen molar-refractivity contribution < 1.29 is 19.4 Å². The van der Waals surface area contributed by atoms with Crippen LogP contribution in [0.2, 0.25) is 0 Å². The van der Waals surface area contributed by atoms with Gasteiger partial charge in [0.15, 0.2) is 0 Å². The molecule has 0 fully saturated rings. The highest BCUT2D eigenvalue weighted by atomic mass is 32.2. The maximum absolute atomic E-state index is 11.6. The van der Waals surface area contributed by atoms with Crippen molar-refractivity contribution in [3.05, 3.63) is 30.3 Å². The van der Waals surface area contributed by atoms with Gasteiger partial charge < -0.3 is 9.84 Å². The summed E-state index contributed by atoms with van der Waals surface area (Å²) in [5.41, 5.74) is 0. The number of esters is 1. The van der Waals surface area contributed by atoms with Crippen LogP contribution in [0.5, 0.6) is 0 Å². The zero-order chi connectivity index (χ0) is 12.7. The van der Waals surface area contributed by atoms with Crippen molar-refractivity contribution in [3.63, 3.8) is 0 Å². The zero-order valence-corrected chi connectivity index (χ0v) is 10.3. The number of carboxylic acids is 1. The van der Waals surface area contributed by atoms with Gasteiger partial charge in [-0.25, -0.2) is 0 Å². The number of aliphatic carboxylic acids is 1. The molecular weight excluding hydrogens is 240 g/mol. The summed E-state index contributed by atoms with van der Waals surface area (Å²) in [4.78, 5) is 23.1. The molecule has 0 saturated carbocycles. The van der Waals surface area contributed by atoms with E-state index in [0.29, 0.717) is 0 Å². The van der Waals surface area contributed by atoms with Gasteiger partial charge in [-0.2, -0.15) is 0 Å². The Balaban J connectivity index is 2.70. The van der Waals surface area contributed by atoms with E-state index in [1.165, 1.54) is 11.8 Å². The summed E-state index contributed by atoms with van der Waals surface area (Å²) in [6.45, 7) is 1.95. The van der Waals surface area contributed by atoms with E-state index in [4.69, 9.17) is 9.84 Å². The molecule has 0 aromatic heterocycles. The van der Waals surface area contributed by atoms with Gasteiger partial charge in [0.05, 0.1) is 13.0 Å². The molecule has 1 aromatic rings. The average Bonchev–Trinajstić information content (AvgIpc) is 2.29. The van der Waals surface area contributed by atoms with Crippen LogP contribution in [0, 0.1) is 0 Å². The first-order chi connectivity index (χ1) is 8.13. The monoisotopic (exact) mass is 254 g/mol. The highest BCUT2D eigenvalue weighted by Gasteiger charge is 2.24. The molecule has 1 unspecified atom stereocenters. The molecule has 17 heavy (non-hydrogen) atoms. The smallest absolute Gasteiger partial charge is 0.320 e. The van der Waals surface area contributed by atoms with Gasteiger partial charge in [-0.05, 0) is 19.1 Å². The summed E-state index contributed by atoms with van der Waals surface area (Å²) in [5, 5.41) is 8.06. The highest BCUT2D eigenvalue weighted by molar-refractivity contribution is 8.00. The van der Waals surface area contributed by atoms with E-state index in [-0.39, 0.29) is 13.0 Å². The van der Waals surface area contributed by atoms with Gasteiger partial charge in [0.2, 0.25) is 0 Å². The SMILES string of the molecule is CCOC(=O)C(CC(=O)O)Sc1ccccc1. The van der Waals surface area contributed by atoms with Gasteiger partial charge in [0.1, 0.15) is 5.25 Å². The number of rotatable bonds is 6. The Morgan fingerprint density at radius 2 is 2.00 bits per heavy atom. The Hall–Kier alpha value is -1.49. The molecular formula is C12H14O4S. The number of carbonyl (C=O) groups is 2. The van der Waals surface area contributed by atoms with Gasteiger partial charge in [0.25, 0.3) is 0 Å². The summed E-state index contributed by atoms with van der Waals surface area (Å²) >= 11 is 1.21. The zero-order valence-electron chi connectivity index (χ0n) is 9.46. The lowest BCUT2D eigenvalue weighted by molar-refractivity contribution is -0.146. The van der Waals surface area contributed by atoms with Gasteiger partial charge in [-0.15, -0.1) is 11.8 Å². The fourth-order valence-electron chi connectivity index (χ4n) is 1.23. The molecule has 0 radical (unpaired) electrons. The molecule has 5 heteroatoms. The second kappa shape index (κ2) is 6.96. The summed E-state index contributed by atoms with van der Waals surface area (Å²) < 4.78 is 4.85. The Kier molecular flexibility index (Phi) is 5.56. The Labute approximate surface area is 104 Å². The fraction of sp³-hybridized carbons (Fsp3) is 0.333. The second-order valence-corrected chi connectivity index (χ2v) is 4.55. The fourth-order valence-corrected chi connectivity index (χ4v) is 2.26. The quantitative estimate of drug-likeness (QED) is 0.622. The number of thioether (sulfide) groups is 1. The van der Waals surface area contributed by atoms with E-state index >= 15 is 0 Å². The molecule has 0 amide bonds. The third kappa shape index (κ3) is 4.91. The molecule has 4 nitrogen and oxygen atoms in total. The van der Waals surface area contributed by atoms with Crippen LogP contribution in [-0.4, -0.2) is 28.9 Å². The van der Waals surface area contributed by atoms with Crippen LogP contribution in [0.25, 0.3) is 0 Å². The van der Waals surface area contributed by atoms with Crippen molar-refractivity contribution in [2.24, 2.45) is 0 Å². The first-order valence-electron chi connectivity index (χ1n) is 5.23. The lowest BCUT2D eigenvalue weighted by Gasteiger charge is -2.12. The van der Waals surface area contributed by atoms with Crippen molar-refractivity contribution >= 4 is 23.7 Å². The van der Waals surface area contributed by atoms with Crippen molar-refractivity contribution in [1.82, 2.24) is 0 Å². The molecule has 0 bridgehead atoms. The van der Waals surface area contributed by atoms with E-state index in [1.54, 1.807) is 6.92 Å². The number of carboxylic acid groups (broad SMARTS) is 1. The predicted molar refractivity (Wildman–Crippen MR) is 65.0 cm³/mol. The summed E-state index contributed by atoms with van der Waals surface area (Å²) in [6, 6.07) is 9.20. The molecule has 0 aliphatic carbocycles. The van der Waals surface area contributed by atoms with Gasteiger partial charge in [0, 0.05) is 4.90 Å². The van der Waals surface area contributed by atoms with Crippen LogP contribution >= 0.6 is 11.8 Å². The molecule has 92 valence electrons. The molecule has 0 heterocycles. The molecule has 0 aliphatic heterocycles. The maximum atomic E-state index is 11.6. The highest BCUT2D eigenvalue weighted by Crippen LogP contribution is 2.26. The molecule has 1 rings (SSSR count). The van der Waals surface area contributed by atoms with Crippen LogP contribution in [0.1, 0.15) is 13.3 Å².